The number of rotatable bonds is 5. The zero-order chi connectivity index (χ0) is 12.2. The van der Waals surface area contributed by atoms with Gasteiger partial charge in [0.05, 0.1) is 12.3 Å². The first kappa shape index (κ1) is 16.6. The molecule has 1 unspecified atom stereocenters. The fourth-order valence-corrected chi connectivity index (χ4v) is 3.17. The van der Waals surface area contributed by atoms with Gasteiger partial charge in [-0.3, -0.25) is 4.57 Å². The lowest BCUT2D eigenvalue weighted by molar-refractivity contribution is 0.202. The molecule has 4 N–H and O–H groups in total. The minimum Gasteiger partial charge on any atom is -0.391 e. The Hall–Kier alpha value is -0.380. The van der Waals surface area contributed by atoms with Crippen molar-refractivity contribution in [2.24, 2.45) is 5.73 Å². The van der Waals surface area contributed by atoms with Crippen molar-refractivity contribution in [3.05, 3.63) is 35.4 Å². The summed E-state index contributed by atoms with van der Waals surface area (Å²) in [6.45, 7) is 1.97. The van der Waals surface area contributed by atoms with Gasteiger partial charge in [-0.1, -0.05) is 29.8 Å². The van der Waals surface area contributed by atoms with Crippen LogP contribution in [-0.4, -0.2) is 28.8 Å². The van der Waals surface area contributed by atoms with Crippen LogP contribution in [0, 0.1) is 6.92 Å². The zero-order valence-corrected chi connectivity index (χ0v) is 11.5. The third-order valence-corrected chi connectivity index (χ3v) is 4.17. The van der Waals surface area contributed by atoms with Gasteiger partial charge in [0.25, 0.3) is 0 Å². The van der Waals surface area contributed by atoms with Gasteiger partial charge < -0.3 is 15.7 Å². The summed E-state index contributed by atoms with van der Waals surface area (Å²) in [4.78, 5) is 9.68. The molecule has 0 bridgehead atoms. The summed E-state index contributed by atoms with van der Waals surface area (Å²) in [5.41, 5.74) is 7.13. The summed E-state index contributed by atoms with van der Waals surface area (Å²) in [5.74, 6) is 0. The molecule has 0 saturated heterocycles. The second-order valence-corrected chi connectivity index (χ2v) is 6.44. The van der Waals surface area contributed by atoms with Gasteiger partial charge in [0.2, 0.25) is 7.37 Å². The first-order valence-corrected chi connectivity index (χ1v) is 7.20. The maximum atomic E-state index is 11.8. The molecular weight excluding hydrogens is 261 g/mol. The lowest BCUT2D eigenvalue weighted by Gasteiger charge is -2.14. The molecule has 98 valence electrons. The normalized spacial score (nSPS) is 15.8. The Morgan fingerprint density at radius 3 is 2.35 bits per heavy atom. The van der Waals surface area contributed by atoms with Gasteiger partial charge in [0.15, 0.2) is 0 Å². The average molecular weight is 280 g/mol. The molecule has 1 aromatic rings. The Morgan fingerprint density at radius 2 is 1.88 bits per heavy atom. The Morgan fingerprint density at radius 1 is 1.35 bits per heavy atom. The van der Waals surface area contributed by atoms with Crippen LogP contribution >= 0.6 is 19.8 Å². The largest absolute Gasteiger partial charge is 0.391 e. The number of benzene rings is 1. The van der Waals surface area contributed by atoms with Crippen LogP contribution in [-0.2, 0) is 10.7 Å². The molecule has 0 aromatic heterocycles. The fourth-order valence-electron chi connectivity index (χ4n) is 1.45. The standard InChI is InChI=1S/C11H18NO3P.ClH/c1-9-2-4-10(5-3-9)7-16(14,15)8-11(13)6-12;/h2-5,11,13H,6-8,12H2,1H3,(H,14,15);1H/t11-;/m1./s1. The van der Waals surface area contributed by atoms with E-state index in [0.29, 0.717) is 0 Å². The maximum Gasteiger partial charge on any atom is 0.207 e. The van der Waals surface area contributed by atoms with Crippen LogP contribution in [0.1, 0.15) is 11.1 Å². The van der Waals surface area contributed by atoms with E-state index in [0.717, 1.165) is 11.1 Å². The fraction of sp³-hybridized carbons (Fsp3) is 0.455. The predicted octanol–water partition coefficient (Wildman–Crippen LogP) is 1.51. The van der Waals surface area contributed by atoms with Gasteiger partial charge in [-0.2, -0.15) is 0 Å². The van der Waals surface area contributed by atoms with E-state index in [-0.39, 0.29) is 31.3 Å². The van der Waals surface area contributed by atoms with Crippen molar-refractivity contribution in [2.45, 2.75) is 19.2 Å². The maximum absolute atomic E-state index is 11.8. The van der Waals surface area contributed by atoms with Gasteiger partial charge in [0.1, 0.15) is 0 Å². The van der Waals surface area contributed by atoms with E-state index < -0.39 is 13.5 Å². The van der Waals surface area contributed by atoms with Crippen LogP contribution in [0.4, 0.5) is 0 Å². The number of nitrogens with two attached hydrogens (primary N) is 1. The van der Waals surface area contributed by atoms with E-state index in [1.165, 1.54) is 0 Å². The summed E-state index contributed by atoms with van der Waals surface area (Å²) in [7, 11) is -3.33. The molecule has 0 aliphatic rings. The number of aryl methyl sites for hydroxylation is 1. The lowest BCUT2D eigenvalue weighted by atomic mass is 10.2. The summed E-state index contributed by atoms with van der Waals surface area (Å²) in [6.07, 6.45) is -0.955. The Labute approximate surface area is 108 Å². The van der Waals surface area contributed by atoms with Crippen LogP contribution in [0.2, 0.25) is 0 Å². The smallest absolute Gasteiger partial charge is 0.207 e. The Bertz CT molecular complexity index is 383. The number of halogens is 1. The van der Waals surface area contributed by atoms with Crippen molar-refractivity contribution in [3.8, 4) is 0 Å². The highest BCUT2D eigenvalue weighted by molar-refractivity contribution is 7.57. The van der Waals surface area contributed by atoms with Crippen molar-refractivity contribution in [1.82, 2.24) is 0 Å². The van der Waals surface area contributed by atoms with Crippen molar-refractivity contribution in [3.63, 3.8) is 0 Å². The van der Waals surface area contributed by atoms with Crippen molar-refractivity contribution < 1.29 is 14.6 Å². The molecule has 0 fully saturated rings. The van der Waals surface area contributed by atoms with Gasteiger partial charge in [-0.25, -0.2) is 0 Å². The highest BCUT2D eigenvalue weighted by atomic mass is 35.5. The van der Waals surface area contributed by atoms with Gasteiger partial charge in [-0.05, 0) is 12.5 Å². The molecular formula is C11H19ClNO3P. The molecule has 1 rings (SSSR count). The van der Waals surface area contributed by atoms with Gasteiger partial charge in [0, 0.05) is 12.7 Å². The first-order valence-electron chi connectivity index (χ1n) is 5.17. The van der Waals surface area contributed by atoms with Crippen molar-refractivity contribution in [1.29, 1.82) is 0 Å². The summed E-state index contributed by atoms with van der Waals surface area (Å²) < 4.78 is 11.8. The summed E-state index contributed by atoms with van der Waals surface area (Å²) in [5, 5.41) is 9.26. The minimum atomic E-state index is -3.33. The second-order valence-electron chi connectivity index (χ2n) is 4.06. The Kier molecular flexibility index (Phi) is 6.98. The van der Waals surface area contributed by atoms with E-state index in [1.54, 1.807) is 0 Å². The third-order valence-electron chi connectivity index (χ3n) is 2.32. The Balaban J connectivity index is 0.00000256. The monoisotopic (exact) mass is 279 g/mol. The van der Waals surface area contributed by atoms with Crippen LogP contribution in [0.15, 0.2) is 24.3 Å². The number of aliphatic hydroxyl groups is 1. The van der Waals surface area contributed by atoms with Gasteiger partial charge in [-0.15, -0.1) is 12.4 Å². The molecule has 0 spiro atoms. The molecule has 0 saturated carbocycles. The molecule has 6 heteroatoms. The second kappa shape index (κ2) is 7.14. The topological polar surface area (TPSA) is 83.5 Å². The molecule has 0 aliphatic heterocycles. The first-order chi connectivity index (χ1) is 7.43. The van der Waals surface area contributed by atoms with Crippen LogP contribution in [0.25, 0.3) is 0 Å². The van der Waals surface area contributed by atoms with Crippen LogP contribution in [0.3, 0.4) is 0 Å². The van der Waals surface area contributed by atoms with E-state index >= 15 is 0 Å². The highest BCUT2D eigenvalue weighted by Gasteiger charge is 2.22. The molecule has 1 aromatic carbocycles. The molecule has 4 nitrogen and oxygen atoms in total. The van der Waals surface area contributed by atoms with Crippen LogP contribution < -0.4 is 5.73 Å². The molecule has 17 heavy (non-hydrogen) atoms. The highest BCUT2D eigenvalue weighted by Crippen LogP contribution is 2.44. The van der Waals surface area contributed by atoms with E-state index in [1.807, 2.05) is 31.2 Å². The third kappa shape index (κ3) is 6.20. The van der Waals surface area contributed by atoms with Crippen molar-refractivity contribution in [2.75, 3.05) is 12.7 Å². The SMILES string of the molecule is Cc1ccc(CP(=O)(O)C[C@H](O)CN)cc1.Cl. The molecule has 0 heterocycles. The molecule has 0 amide bonds. The quantitative estimate of drug-likeness (QED) is 0.714. The molecule has 2 atom stereocenters. The number of hydrogen-bond donors (Lipinski definition) is 3. The van der Waals surface area contributed by atoms with E-state index in [4.69, 9.17) is 5.73 Å². The summed E-state index contributed by atoms with van der Waals surface area (Å²) >= 11 is 0. The van der Waals surface area contributed by atoms with Crippen molar-refractivity contribution >= 4 is 19.8 Å². The minimum absolute atomic E-state index is 0. The van der Waals surface area contributed by atoms with Gasteiger partial charge >= 0.3 is 0 Å². The van der Waals surface area contributed by atoms with E-state index in [2.05, 4.69) is 0 Å². The molecule has 0 aliphatic carbocycles. The summed E-state index contributed by atoms with van der Waals surface area (Å²) in [6, 6.07) is 7.45. The predicted molar refractivity (Wildman–Crippen MR) is 71.9 cm³/mol. The number of aliphatic hydroxyl groups excluding tert-OH is 1. The lowest BCUT2D eigenvalue weighted by Crippen LogP contribution is -2.23. The zero-order valence-electron chi connectivity index (χ0n) is 9.74. The van der Waals surface area contributed by atoms with E-state index in [9.17, 15) is 14.6 Å². The van der Waals surface area contributed by atoms with Crippen LogP contribution in [0.5, 0.6) is 0 Å². The number of hydrogen-bond acceptors (Lipinski definition) is 3. The molecule has 0 radical (unpaired) electrons. The average Bonchev–Trinajstić information content (AvgIpc) is 2.20.